The minimum atomic E-state index is -3.80. The van der Waals surface area contributed by atoms with Crippen molar-refractivity contribution in [2.75, 3.05) is 27.9 Å². The van der Waals surface area contributed by atoms with Crippen LogP contribution in [0.4, 0.5) is 11.4 Å². The summed E-state index contributed by atoms with van der Waals surface area (Å²) in [4.78, 5) is 0.101. The number of nitrogens with zero attached hydrogens (tertiary/aromatic N) is 1. The third-order valence-electron chi connectivity index (χ3n) is 4.20. The van der Waals surface area contributed by atoms with E-state index in [1.807, 2.05) is 13.8 Å². The highest BCUT2D eigenvalue weighted by Gasteiger charge is 2.28. The van der Waals surface area contributed by atoms with E-state index < -0.39 is 20.0 Å². The molecule has 2 aromatic rings. The van der Waals surface area contributed by atoms with Crippen LogP contribution in [0.15, 0.2) is 53.4 Å². The Morgan fingerprint density at radius 1 is 1.14 bits per heavy atom. The first-order chi connectivity index (χ1) is 13.2. The lowest BCUT2D eigenvalue weighted by molar-refractivity contribution is 0.271. The molecule has 0 saturated carbocycles. The Kier molecular flexibility index (Phi) is 5.85. The van der Waals surface area contributed by atoms with Crippen molar-refractivity contribution in [2.24, 2.45) is 5.92 Å². The standard InChI is InChI=1S/C19H24N2O5S2/c1-15(2)14-26-18-7-9-19(10-8-18)28(24,25)20-16-5-3-6-17(13-16)21-11-4-12-27(21,22)23/h3,5-10,13,15,20H,4,11-12,14H2,1-2H3. The van der Waals surface area contributed by atoms with E-state index in [1.54, 1.807) is 30.3 Å². The first-order valence-electron chi connectivity index (χ1n) is 9.03. The Labute approximate surface area is 166 Å². The van der Waals surface area contributed by atoms with Gasteiger partial charge in [-0.3, -0.25) is 9.03 Å². The van der Waals surface area contributed by atoms with Gasteiger partial charge in [0, 0.05) is 6.54 Å². The number of hydrogen-bond donors (Lipinski definition) is 1. The zero-order valence-corrected chi connectivity index (χ0v) is 17.5. The van der Waals surface area contributed by atoms with E-state index in [1.165, 1.54) is 22.5 Å². The number of rotatable bonds is 7. The van der Waals surface area contributed by atoms with Gasteiger partial charge in [-0.1, -0.05) is 19.9 Å². The number of ether oxygens (including phenoxy) is 1. The van der Waals surface area contributed by atoms with Crippen LogP contribution in [-0.2, 0) is 20.0 Å². The summed E-state index contributed by atoms with van der Waals surface area (Å²) in [5.74, 6) is 1.08. The molecule has 152 valence electrons. The minimum Gasteiger partial charge on any atom is -0.493 e. The topological polar surface area (TPSA) is 92.8 Å². The third kappa shape index (κ3) is 4.77. The van der Waals surface area contributed by atoms with Gasteiger partial charge in [-0.25, -0.2) is 16.8 Å². The summed E-state index contributed by atoms with van der Waals surface area (Å²) in [6.45, 7) is 5.02. The summed E-state index contributed by atoms with van der Waals surface area (Å²) in [5.41, 5.74) is 0.759. The summed E-state index contributed by atoms with van der Waals surface area (Å²) in [6.07, 6.45) is 0.559. The van der Waals surface area contributed by atoms with Gasteiger partial charge in [0.2, 0.25) is 10.0 Å². The fourth-order valence-electron chi connectivity index (χ4n) is 2.85. The fraction of sp³-hybridized carbons (Fsp3) is 0.368. The van der Waals surface area contributed by atoms with Gasteiger partial charge in [-0.2, -0.15) is 0 Å². The lowest BCUT2D eigenvalue weighted by Gasteiger charge is -2.18. The lowest BCUT2D eigenvalue weighted by atomic mass is 10.2. The number of nitrogens with one attached hydrogen (secondary N) is 1. The highest BCUT2D eigenvalue weighted by atomic mass is 32.2. The average Bonchev–Trinajstić information content (AvgIpc) is 2.99. The van der Waals surface area contributed by atoms with Crippen LogP contribution < -0.4 is 13.8 Å². The molecular formula is C19H24N2O5S2. The molecule has 9 heteroatoms. The molecule has 0 unspecified atom stereocenters. The van der Waals surface area contributed by atoms with E-state index in [-0.39, 0.29) is 10.6 Å². The summed E-state index contributed by atoms with van der Waals surface area (Å²) in [6, 6.07) is 12.6. The molecule has 1 fully saturated rings. The van der Waals surface area contributed by atoms with Gasteiger partial charge in [0.15, 0.2) is 0 Å². The van der Waals surface area contributed by atoms with E-state index in [4.69, 9.17) is 4.74 Å². The first kappa shape index (κ1) is 20.5. The number of benzene rings is 2. The molecule has 3 rings (SSSR count). The van der Waals surface area contributed by atoms with Gasteiger partial charge in [0.25, 0.3) is 10.0 Å². The number of hydrogen-bond acceptors (Lipinski definition) is 5. The van der Waals surface area contributed by atoms with Crippen LogP contribution in [0, 0.1) is 5.92 Å². The summed E-state index contributed by atoms with van der Waals surface area (Å²) in [5, 5.41) is 0. The molecular weight excluding hydrogens is 400 g/mol. The number of anilines is 2. The quantitative estimate of drug-likeness (QED) is 0.737. The molecule has 28 heavy (non-hydrogen) atoms. The molecule has 1 heterocycles. The summed E-state index contributed by atoms with van der Waals surface area (Å²) in [7, 11) is -7.13. The van der Waals surface area contributed by atoms with Crippen LogP contribution >= 0.6 is 0 Å². The fourth-order valence-corrected chi connectivity index (χ4v) is 5.45. The maximum absolute atomic E-state index is 12.7. The molecule has 0 radical (unpaired) electrons. The third-order valence-corrected chi connectivity index (χ3v) is 7.47. The van der Waals surface area contributed by atoms with Crippen molar-refractivity contribution in [2.45, 2.75) is 25.2 Å². The molecule has 0 spiro atoms. The predicted molar refractivity (Wildman–Crippen MR) is 110 cm³/mol. The minimum absolute atomic E-state index is 0.101. The van der Waals surface area contributed by atoms with Crippen molar-refractivity contribution < 1.29 is 21.6 Å². The maximum atomic E-state index is 12.7. The average molecular weight is 425 g/mol. The second-order valence-electron chi connectivity index (χ2n) is 7.07. The molecule has 1 saturated heterocycles. The SMILES string of the molecule is CC(C)COc1ccc(S(=O)(=O)Nc2cccc(N3CCCS3(=O)=O)c2)cc1. The predicted octanol–water partition coefficient (Wildman–Crippen LogP) is 3.06. The Hall–Kier alpha value is -2.26. The van der Waals surface area contributed by atoms with Crippen LogP contribution in [0.3, 0.4) is 0 Å². The van der Waals surface area contributed by atoms with Crippen molar-refractivity contribution in [3.05, 3.63) is 48.5 Å². The Morgan fingerprint density at radius 3 is 2.46 bits per heavy atom. The van der Waals surface area contributed by atoms with E-state index in [9.17, 15) is 16.8 Å². The molecule has 1 aliphatic heterocycles. The number of sulfonamides is 2. The smallest absolute Gasteiger partial charge is 0.261 e. The lowest BCUT2D eigenvalue weighted by Crippen LogP contribution is -2.25. The van der Waals surface area contributed by atoms with E-state index in [2.05, 4.69) is 4.72 Å². The molecule has 7 nitrogen and oxygen atoms in total. The Balaban J connectivity index is 1.76. The van der Waals surface area contributed by atoms with Crippen molar-refractivity contribution in [3.8, 4) is 5.75 Å². The van der Waals surface area contributed by atoms with Crippen LogP contribution in [-0.4, -0.2) is 35.7 Å². The van der Waals surface area contributed by atoms with Gasteiger partial charge < -0.3 is 4.74 Å². The van der Waals surface area contributed by atoms with E-state index in [0.717, 1.165) is 0 Å². The molecule has 0 amide bonds. The second-order valence-corrected chi connectivity index (χ2v) is 10.8. The van der Waals surface area contributed by atoms with Crippen LogP contribution in [0.25, 0.3) is 0 Å². The molecule has 0 aliphatic carbocycles. The van der Waals surface area contributed by atoms with Gasteiger partial charge >= 0.3 is 0 Å². The van der Waals surface area contributed by atoms with Crippen molar-refractivity contribution >= 4 is 31.4 Å². The molecule has 0 aromatic heterocycles. The maximum Gasteiger partial charge on any atom is 0.261 e. The highest BCUT2D eigenvalue weighted by Crippen LogP contribution is 2.27. The van der Waals surface area contributed by atoms with Gasteiger partial charge in [0.05, 0.1) is 28.6 Å². The zero-order valence-electron chi connectivity index (χ0n) is 15.8. The van der Waals surface area contributed by atoms with E-state index in [0.29, 0.717) is 42.6 Å². The zero-order chi connectivity index (χ0) is 20.4. The highest BCUT2D eigenvalue weighted by molar-refractivity contribution is 7.93. The van der Waals surface area contributed by atoms with Crippen molar-refractivity contribution in [1.82, 2.24) is 0 Å². The van der Waals surface area contributed by atoms with Gasteiger partial charge in [-0.05, 0) is 54.8 Å². The molecule has 1 aliphatic rings. The normalized spacial score (nSPS) is 16.3. The van der Waals surface area contributed by atoms with E-state index >= 15 is 0 Å². The monoisotopic (exact) mass is 424 g/mol. The van der Waals surface area contributed by atoms with Crippen molar-refractivity contribution in [1.29, 1.82) is 0 Å². The van der Waals surface area contributed by atoms with Crippen LogP contribution in [0.1, 0.15) is 20.3 Å². The molecule has 0 bridgehead atoms. The van der Waals surface area contributed by atoms with Crippen molar-refractivity contribution in [3.63, 3.8) is 0 Å². The Morgan fingerprint density at radius 2 is 1.86 bits per heavy atom. The molecule has 0 atom stereocenters. The Bertz CT molecular complexity index is 1030. The summed E-state index contributed by atoms with van der Waals surface area (Å²) >= 11 is 0. The van der Waals surface area contributed by atoms with Crippen LogP contribution in [0.5, 0.6) is 5.75 Å². The van der Waals surface area contributed by atoms with Crippen LogP contribution in [0.2, 0.25) is 0 Å². The van der Waals surface area contributed by atoms with Gasteiger partial charge in [-0.15, -0.1) is 0 Å². The molecule has 1 N–H and O–H groups in total. The first-order valence-corrected chi connectivity index (χ1v) is 12.1. The molecule has 2 aromatic carbocycles. The largest absolute Gasteiger partial charge is 0.493 e. The summed E-state index contributed by atoms with van der Waals surface area (Å²) < 4.78 is 58.9. The second kappa shape index (κ2) is 8.00. The van der Waals surface area contributed by atoms with Gasteiger partial charge in [0.1, 0.15) is 5.75 Å².